The minimum atomic E-state index is -0.513. The van der Waals surface area contributed by atoms with E-state index in [2.05, 4.69) is 10.2 Å². The molecule has 1 fully saturated rings. The van der Waals surface area contributed by atoms with E-state index < -0.39 is 10.8 Å². The van der Waals surface area contributed by atoms with Gasteiger partial charge in [-0.25, -0.2) is 0 Å². The molecule has 2 aromatic rings. The van der Waals surface area contributed by atoms with Crippen LogP contribution in [0.4, 0.5) is 17.1 Å². The number of Topliss-reactive ketones (excluding diaryl/α,β-unsaturated/α-hetero) is 1. The van der Waals surface area contributed by atoms with Gasteiger partial charge in [-0.3, -0.25) is 19.7 Å². The van der Waals surface area contributed by atoms with Gasteiger partial charge in [-0.1, -0.05) is 12.1 Å². The van der Waals surface area contributed by atoms with Gasteiger partial charge in [-0.15, -0.1) is 0 Å². The maximum Gasteiger partial charge on any atom is 0.270 e. The van der Waals surface area contributed by atoms with Crippen LogP contribution in [0.5, 0.6) is 0 Å². The second kappa shape index (κ2) is 7.35. The van der Waals surface area contributed by atoms with E-state index in [1.54, 1.807) is 30.3 Å². The Kier molecular flexibility index (Phi) is 4.97. The van der Waals surface area contributed by atoms with Crippen molar-refractivity contribution in [3.8, 4) is 0 Å². The minimum absolute atomic E-state index is 0.103. The summed E-state index contributed by atoms with van der Waals surface area (Å²) in [6.45, 7) is 3.09. The summed E-state index contributed by atoms with van der Waals surface area (Å²) >= 11 is 0. The first kappa shape index (κ1) is 17.6. The Balaban J connectivity index is 1.94. The Hall–Kier alpha value is -3.22. The van der Waals surface area contributed by atoms with Gasteiger partial charge >= 0.3 is 0 Å². The standard InChI is InChI=1S/C19H19N3O4/c1-13(23)14-5-4-6-15(11-14)20-19(24)17-12-16(22(25)26)7-8-18(17)21-9-2-3-10-21/h4-8,11-12H,2-3,9-10H2,1H3,(H,20,24). The number of carbonyl (C=O) groups excluding carboxylic acids is 2. The van der Waals surface area contributed by atoms with Gasteiger partial charge in [0.15, 0.2) is 5.78 Å². The predicted molar refractivity (Wildman–Crippen MR) is 98.9 cm³/mol. The maximum atomic E-state index is 12.8. The number of anilines is 2. The molecular formula is C19H19N3O4. The highest BCUT2D eigenvalue weighted by atomic mass is 16.6. The lowest BCUT2D eigenvalue weighted by molar-refractivity contribution is -0.384. The molecule has 1 amide bonds. The summed E-state index contributed by atoms with van der Waals surface area (Å²) in [5.74, 6) is -0.537. The summed E-state index contributed by atoms with van der Waals surface area (Å²) in [5, 5.41) is 13.9. The van der Waals surface area contributed by atoms with Gasteiger partial charge in [0, 0.05) is 36.5 Å². The third-order valence-electron chi connectivity index (χ3n) is 4.41. The van der Waals surface area contributed by atoms with Crippen LogP contribution in [0.2, 0.25) is 0 Å². The first-order valence-corrected chi connectivity index (χ1v) is 8.41. The summed E-state index contributed by atoms with van der Waals surface area (Å²) in [5.41, 5.74) is 1.78. The zero-order chi connectivity index (χ0) is 18.7. The van der Waals surface area contributed by atoms with E-state index >= 15 is 0 Å². The molecule has 1 saturated heterocycles. The molecule has 0 bridgehead atoms. The van der Waals surface area contributed by atoms with Crippen molar-refractivity contribution in [2.24, 2.45) is 0 Å². The fourth-order valence-electron chi connectivity index (χ4n) is 3.07. The van der Waals surface area contributed by atoms with Gasteiger partial charge in [0.25, 0.3) is 11.6 Å². The fourth-order valence-corrected chi connectivity index (χ4v) is 3.07. The van der Waals surface area contributed by atoms with Crippen LogP contribution in [0.15, 0.2) is 42.5 Å². The van der Waals surface area contributed by atoms with Crippen LogP contribution in [-0.4, -0.2) is 29.7 Å². The number of benzene rings is 2. The third-order valence-corrected chi connectivity index (χ3v) is 4.41. The highest BCUT2D eigenvalue weighted by Gasteiger charge is 2.22. The Morgan fingerprint density at radius 2 is 1.85 bits per heavy atom. The van der Waals surface area contributed by atoms with Gasteiger partial charge in [0.1, 0.15) is 0 Å². The molecule has 0 aromatic heterocycles. The molecule has 0 saturated carbocycles. The van der Waals surface area contributed by atoms with Crippen molar-refractivity contribution in [2.45, 2.75) is 19.8 Å². The van der Waals surface area contributed by atoms with Crippen molar-refractivity contribution in [2.75, 3.05) is 23.3 Å². The Morgan fingerprint density at radius 3 is 2.50 bits per heavy atom. The molecule has 3 rings (SSSR count). The molecule has 1 aliphatic heterocycles. The van der Waals surface area contributed by atoms with Crippen molar-refractivity contribution >= 4 is 28.8 Å². The Bertz CT molecular complexity index is 873. The van der Waals surface area contributed by atoms with Crippen molar-refractivity contribution in [1.29, 1.82) is 0 Å². The Labute approximate surface area is 150 Å². The van der Waals surface area contributed by atoms with Crippen molar-refractivity contribution in [1.82, 2.24) is 0 Å². The lowest BCUT2D eigenvalue weighted by atomic mass is 10.1. The van der Waals surface area contributed by atoms with E-state index in [1.165, 1.54) is 19.1 Å². The van der Waals surface area contributed by atoms with Crippen LogP contribution < -0.4 is 10.2 Å². The maximum absolute atomic E-state index is 12.8. The second-order valence-corrected chi connectivity index (χ2v) is 6.24. The number of nitro benzene ring substituents is 1. The number of carbonyl (C=O) groups is 2. The number of nitro groups is 1. The van der Waals surface area contributed by atoms with E-state index in [4.69, 9.17) is 0 Å². The monoisotopic (exact) mass is 353 g/mol. The Morgan fingerprint density at radius 1 is 1.12 bits per heavy atom. The molecule has 1 N–H and O–H groups in total. The number of hydrogen-bond donors (Lipinski definition) is 1. The highest BCUT2D eigenvalue weighted by Crippen LogP contribution is 2.29. The van der Waals surface area contributed by atoms with Gasteiger partial charge in [-0.05, 0) is 38.0 Å². The SMILES string of the molecule is CC(=O)c1cccc(NC(=O)c2cc([N+](=O)[O-])ccc2N2CCCC2)c1. The van der Waals surface area contributed by atoms with Gasteiger partial charge in [0.05, 0.1) is 16.2 Å². The minimum Gasteiger partial charge on any atom is -0.371 e. The largest absolute Gasteiger partial charge is 0.371 e. The van der Waals surface area contributed by atoms with Crippen LogP contribution in [0, 0.1) is 10.1 Å². The smallest absolute Gasteiger partial charge is 0.270 e. The number of nitrogens with zero attached hydrogens (tertiary/aromatic N) is 2. The summed E-state index contributed by atoms with van der Waals surface area (Å²) in [6, 6.07) is 11.0. The molecule has 0 radical (unpaired) electrons. The number of hydrogen-bond acceptors (Lipinski definition) is 5. The molecule has 134 valence electrons. The quantitative estimate of drug-likeness (QED) is 0.503. The van der Waals surface area contributed by atoms with Crippen molar-refractivity contribution in [3.05, 3.63) is 63.7 Å². The van der Waals surface area contributed by atoms with Crippen LogP contribution in [0.3, 0.4) is 0 Å². The zero-order valence-corrected chi connectivity index (χ0v) is 14.4. The van der Waals surface area contributed by atoms with Crippen LogP contribution in [0.25, 0.3) is 0 Å². The van der Waals surface area contributed by atoms with Crippen LogP contribution in [0.1, 0.15) is 40.5 Å². The molecule has 0 unspecified atom stereocenters. The molecule has 2 aromatic carbocycles. The number of non-ortho nitro benzene ring substituents is 1. The van der Waals surface area contributed by atoms with Gasteiger partial charge in [0.2, 0.25) is 0 Å². The first-order chi connectivity index (χ1) is 12.5. The van der Waals surface area contributed by atoms with Gasteiger partial charge in [-0.2, -0.15) is 0 Å². The normalized spacial score (nSPS) is 13.5. The van der Waals surface area contributed by atoms with E-state index in [-0.39, 0.29) is 17.0 Å². The molecule has 7 heteroatoms. The molecule has 7 nitrogen and oxygen atoms in total. The van der Waals surface area contributed by atoms with E-state index in [0.29, 0.717) is 16.9 Å². The summed E-state index contributed by atoms with van der Waals surface area (Å²) in [7, 11) is 0. The summed E-state index contributed by atoms with van der Waals surface area (Å²) in [4.78, 5) is 37.0. The van der Waals surface area contributed by atoms with E-state index in [9.17, 15) is 19.7 Å². The molecular weight excluding hydrogens is 334 g/mol. The van der Waals surface area contributed by atoms with Crippen LogP contribution >= 0.6 is 0 Å². The summed E-state index contributed by atoms with van der Waals surface area (Å²) < 4.78 is 0. The van der Waals surface area contributed by atoms with E-state index in [1.807, 2.05) is 0 Å². The van der Waals surface area contributed by atoms with Crippen molar-refractivity contribution in [3.63, 3.8) is 0 Å². The fraction of sp³-hybridized carbons (Fsp3) is 0.263. The lowest BCUT2D eigenvalue weighted by Gasteiger charge is -2.21. The molecule has 1 aliphatic rings. The molecule has 1 heterocycles. The number of rotatable bonds is 5. The molecule has 0 aliphatic carbocycles. The first-order valence-electron chi connectivity index (χ1n) is 8.41. The van der Waals surface area contributed by atoms with Crippen LogP contribution in [-0.2, 0) is 0 Å². The number of ketones is 1. The van der Waals surface area contributed by atoms with Gasteiger partial charge < -0.3 is 10.2 Å². The third kappa shape index (κ3) is 3.72. The predicted octanol–water partition coefficient (Wildman–Crippen LogP) is 3.65. The molecule has 26 heavy (non-hydrogen) atoms. The average Bonchev–Trinajstić information content (AvgIpc) is 3.15. The number of amides is 1. The lowest BCUT2D eigenvalue weighted by Crippen LogP contribution is -2.23. The molecule has 0 spiro atoms. The zero-order valence-electron chi connectivity index (χ0n) is 14.4. The average molecular weight is 353 g/mol. The summed E-state index contributed by atoms with van der Waals surface area (Å²) in [6.07, 6.45) is 2.05. The second-order valence-electron chi connectivity index (χ2n) is 6.24. The number of nitrogens with one attached hydrogen (secondary N) is 1. The van der Waals surface area contributed by atoms with E-state index in [0.717, 1.165) is 25.9 Å². The topological polar surface area (TPSA) is 92.5 Å². The molecule has 0 atom stereocenters. The van der Waals surface area contributed by atoms with Crippen molar-refractivity contribution < 1.29 is 14.5 Å². The highest BCUT2D eigenvalue weighted by molar-refractivity contribution is 6.09.